The molecule has 0 aliphatic heterocycles. The summed E-state index contributed by atoms with van der Waals surface area (Å²) in [5.74, 6) is -0.0214. The Labute approximate surface area is 98.0 Å². The molecule has 0 spiro atoms. The molecule has 4 nitrogen and oxygen atoms in total. The third kappa shape index (κ3) is 2.17. The number of ether oxygens (including phenoxy) is 1. The fourth-order valence-electron chi connectivity index (χ4n) is 1.49. The van der Waals surface area contributed by atoms with E-state index in [1.54, 1.807) is 30.5 Å². The van der Waals surface area contributed by atoms with Crippen LogP contribution in [0.3, 0.4) is 0 Å². The smallest absolute Gasteiger partial charge is 0.248 e. The van der Waals surface area contributed by atoms with Crippen LogP contribution in [0.1, 0.15) is 10.4 Å². The summed E-state index contributed by atoms with van der Waals surface area (Å²) in [5, 5.41) is 1.63. The molecule has 0 saturated heterocycles. The van der Waals surface area contributed by atoms with Gasteiger partial charge in [0.15, 0.2) is 0 Å². The second-order valence-electron chi connectivity index (χ2n) is 3.36. The highest BCUT2D eigenvalue weighted by molar-refractivity contribution is 5.98. The van der Waals surface area contributed by atoms with Gasteiger partial charge in [0.1, 0.15) is 6.26 Å². The predicted octanol–water partition coefficient (Wildman–Crippen LogP) is 2.01. The molecule has 0 atom stereocenters. The Bertz CT molecular complexity index is 628. The van der Waals surface area contributed by atoms with Crippen molar-refractivity contribution in [1.29, 1.82) is 0 Å². The number of carbonyl (C=O) groups is 1. The molecular formula is C13H10N2O2. The number of rotatable bonds is 3. The van der Waals surface area contributed by atoms with Gasteiger partial charge in [-0.2, -0.15) is 0 Å². The van der Waals surface area contributed by atoms with Gasteiger partial charge >= 0.3 is 0 Å². The highest BCUT2D eigenvalue weighted by Crippen LogP contribution is 2.23. The van der Waals surface area contributed by atoms with E-state index in [1.807, 2.05) is 0 Å². The van der Waals surface area contributed by atoms with Gasteiger partial charge in [0.05, 0.1) is 0 Å². The molecule has 1 aromatic carbocycles. The molecular weight excluding hydrogens is 216 g/mol. The third-order valence-electron chi connectivity index (χ3n) is 2.27. The molecule has 84 valence electrons. The summed E-state index contributed by atoms with van der Waals surface area (Å²) in [7, 11) is 0. The van der Waals surface area contributed by atoms with Crippen LogP contribution in [-0.2, 0) is 0 Å². The lowest BCUT2D eigenvalue weighted by Crippen LogP contribution is -2.10. The molecule has 0 fully saturated rings. The van der Waals surface area contributed by atoms with E-state index in [9.17, 15) is 4.79 Å². The molecule has 0 saturated carbocycles. The Hall–Kier alpha value is -2.58. The number of hydrogen-bond acceptors (Lipinski definition) is 3. The summed E-state index contributed by atoms with van der Waals surface area (Å²) >= 11 is 0. The minimum atomic E-state index is -0.461. The molecule has 2 rings (SSSR count). The summed E-state index contributed by atoms with van der Waals surface area (Å²) in [6.45, 7) is 3.40. The SMILES string of the molecule is C=C=COc1nccc2cc(C(N)=O)ccc12. The van der Waals surface area contributed by atoms with E-state index in [0.29, 0.717) is 11.4 Å². The van der Waals surface area contributed by atoms with Crippen LogP contribution in [-0.4, -0.2) is 10.9 Å². The van der Waals surface area contributed by atoms with Crippen LogP contribution >= 0.6 is 0 Å². The number of nitrogens with zero attached hydrogens (tertiary/aromatic N) is 1. The van der Waals surface area contributed by atoms with E-state index in [1.165, 1.54) is 6.26 Å². The van der Waals surface area contributed by atoms with E-state index in [0.717, 1.165) is 10.8 Å². The van der Waals surface area contributed by atoms with Gasteiger partial charge in [-0.05, 0) is 29.7 Å². The van der Waals surface area contributed by atoms with Crippen molar-refractivity contribution >= 4 is 16.7 Å². The van der Waals surface area contributed by atoms with E-state index in [4.69, 9.17) is 10.5 Å². The van der Waals surface area contributed by atoms with Gasteiger partial charge in [-0.15, -0.1) is 0 Å². The number of carbonyl (C=O) groups excluding carboxylic acids is 1. The molecule has 1 amide bonds. The van der Waals surface area contributed by atoms with Gasteiger partial charge in [-0.1, -0.05) is 12.3 Å². The summed E-state index contributed by atoms with van der Waals surface area (Å²) in [5.41, 5.74) is 8.16. The number of primary amides is 1. The lowest BCUT2D eigenvalue weighted by atomic mass is 10.1. The van der Waals surface area contributed by atoms with Crippen molar-refractivity contribution in [3.05, 3.63) is 54.6 Å². The number of nitrogens with two attached hydrogens (primary N) is 1. The van der Waals surface area contributed by atoms with Crippen molar-refractivity contribution in [3.63, 3.8) is 0 Å². The zero-order valence-corrected chi connectivity index (χ0v) is 9.01. The van der Waals surface area contributed by atoms with Crippen LogP contribution in [0.4, 0.5) is 0 Å². The Kier molecular flexibility index (Phi) is 2.90. The normalized spacial score (nSPS) is 9.65. The van der Waals surface area contributed by atoms with Crippen molar-refractivity contribution in [1.82, 2.24) is 4.98 Å². The largest absolute Gasteiger partial charge is 0.438 e. The number of pyridine rings is 1. The zero-order chi connectivity index (χ0) is 12.3. The van der Waals surface area contributed by atoms with E-state index >= 15 is 0 Å². The molecule has 1 heterocycles. The van der Waals surface area contributed by atoms with E-state index < -0.39 is 5.91 Å². The predicted molar refractivity (Wildman–Crippen MR) is 64.6 cm³/mol. The van der Waals surface area contributed by atoms with E-state index in [-0.39, 0.29) is 0 Å². The maximum Gasteiger partial charge on any atom is 0.248 e. The number of fused-ring (bicyclic) bond motifs is 1. The number of amides is 1. The molecule has 17 heavy (non-hydrogen) atoms. The minimum absolute atomic E-state index is 0.440. The summed E-state index contributed by atoms with van der Waals surface area (Å²) in [6, 6.07) is 6.86. The fraction of sp³-hybridized carbons (Fsp3) is 0. The standard InChI is InChI=1S/C13H10N2O2/c1-2-7-17-13-11-4-3-10(12(14)16)8-9(11)5-6-15-13/h3-8H,1H2,(H2,14,16). The van der Waals surface area contributed by atoms with Crippen molar-refractivity contribution in [2.45, 2.75) is 0 Å². The highest BCUT2D eigenvalue weighted by atomic mass is 16.5. The van der Waals surface area contributed by atoms with Crippen LogP contribution in [0.25, 0.3) is 10.8 Å². The van der Waals surface area contributed by atoms with Crippen molar-refractivity contribution < 1.29 is 9.53 Å². The van der Waals surface area contributed by atoms with Gasteiger partial charge < -0.3 is 10.5 Å². The topological polar surface area (TPSA) is 65.2 Å². The Balaban J connectivity index is 2.58. The third-order valence-corrected chi connectivity index (χ3v) is 2.27. The first-order chi connectivity index (χ1) is 8.22. The van der Waals surface area contributed by atoms with Crippen LogP contribution in [0.15, 0.2) is 49.0 Å². The average Bonchev–Trinajstić information content (AvgIpc) is 2.35. The molecule has 1 aromatic heterocycles. The molecule has 4 heteroatoms. The lowest BCUT2D eigenvalue weighted by molar-refractivity contribution is 0.100. The molecule has 0 unspecified atom stereocenters. The number of benzene rings is 1. The minimum Gasteiger partial charge on any atom is -0.438 e. The first kappa shape index (κ1) is 10.9. The second-order valence-corrected chi connectivity index (χ2v) is 3.36. The first-order valence-corrected chi connectivity index (χ1v) is 4.92. The Morgan fingerprint density at radius 1 is 1.47 bits per heavy atom. The Morgan fingerprint density at radius 3 is 3.00 bits per heavy atom. The number of hydrogen-bond donors (Lipinski definition) is 1. The van der Waals surface area contributed by atoms with Crippen LogP contribution in [0.2, 0.25) is 0 Å². The average molecular weight is 226 g/mol. The monoisotopic (exact) mass is 226 g/mol. The van der Waals surface area contributed by atoms with Gasteiger partial charge in [0.25, 0.3) is 0 Å². The Morgan fingerprint density at radius 2 is 2.29 bits per heavy atom. The molecule has 0 aliphatic carbocycles. The van der Waals surface area contributed by atoms with Gasteiger partial charge in [-0.25, -0.2) is 4.98 Å². The first-order valence-electron chi connectivity index (χ1n) is 4.92. The maximum absolute atomic E-state index is 11.1. The van der Waals surface area contributed by atoms with E-state index in [2.05, 4.69) is 17.3 Å². The highest BCUT2D eigenvalue weighted by Gasteiger charge is 2.06. The van der Waals surface area contributed by atoms with Crippen LogP contribution in [0.5, 0.6) is 5.88 Å². The molecule has 2 aromatic rings. The van der Waals surface area contributed by atoms with Crippen LogP contribution in [0, 0.1) is 0 Å². The second kappa shape index (κ2) is 4.51. The molecule has 0 bridgehead atoms. The van der Waals surface area contributed by atoms with Gasteiger partial charge in [0.2, 0.25) is 11.8 Å². The molecule has 0 radical (unpaired) electrons. The quantitative estimate of drug-likeness (QED) is 0.643. The summed E-state index contributed by atoms with van der Waals surface area (Å²) < 4.78 is 5.24. The fourth-order valence-corrected chi connectivity index (χ4v) is 1.49. The van der Waals surface area contributed by atoms with Gasteiger partial charge in [-0.3, -0.25) is 4.79 Å². The maximum atomic E-state index is 11.1. The summed E-state index contributed by atoms with van der Waals surface area (Å²) in [6.07, 6.45) is 2.92. The van der Waals surface area contributed by atoms with Crippen molar-refractivity contribution in [2.75, 3.05) is 0 Å². The molecule has 2 N–H and O–H groups in total. The molecule has 0 aliphatic rings. The zero-order valence-electron chi connectivity index (χ0n) is 9.01. The van der Waals surface area contributed by atoms with Gasteiger partial charge in [0, 0.05) is 17.1 Å². The van der Waals surface area contributed by atoms with Crippen LogP contribution < -0.4 is 10.5 Å². The van der Waals surface area contributed by atoms with Crippen molar-refractivity contribution in [3.8, 4) is 5.88 Å². The lowest BCUT2D eigenvalue weighted by Gasteiger charge is -2.04. The summed E-state index contributed by atoms with van der Waals surface area (Å²) in [4.78, 5) is 15.1. The van der Waals surface area contributed by atoms with Crippen molar-refractivity contribution in [2.24, 2.45) is 5.73 Å². The number of aromatic nitrogens is 1.